The van der Waals surface area contributed by atoms with Crippen LogP contribution in [0.25, 0.3) is 5.76 Å². The quantitative estimate of drug-likeness (QED) is 0.597. The number of sulfonamides is 1. The van der Waals surface area contributed by atoms with Gasteiger partial charge in [-0.3, -0.25) is 4.31 Å². The average molecular weight is 474 g/mol. The fourth-order valence-electron chi connectivity index (χ4n) is 4.33. The van der Waals surface area contributed by atoms with E-state index in [2.05, 4.69) is 6.07 Å². The van der Waals surface area contributed by atoms with Crippen molar-refractivity contribution >= 4 is 21.5 Å². The second-order valence-electron chi connectivity index (χ2n) is 8.18. The Morgan fingerprint density at radius 1 is 1.06 bits per heavy atom. The smallest absolute Gasteiger partial charge is 0.265 e. The SMILES string of the molecule is Cc1ccc([C@@H]2C(C#N)=C(N)OC3=C2S(=O)(=O)N(Cc2ccc(F)cc2)c2ccccc23)cc1. The van der Waals surface area contributed by atoms with Crippen LogP contribution < -0.4 is 10.0 Å². The standard InChI is InChI=1S/C26H20FN3O3S/c1-16-6-10-18(11-7-16)23-21(14-28)26(29)33-24-20-4-2-3-5-22(20)30(34(31,32)25(23)24)15-17-8-12-19(27)13-9-17/h2-13,23H,15,29H2,1H3/t23-/m1/s1. The number of nitrogens with zero attached hydrogens (tertiary/aromatic N) is 2. The van der Waals surface area contributed by atoms with Crippen molar-refractivity contribution in [3.05, 3.63) is 117 Å². The summed E-state index contributed by atoms with van der Waals surface area (Å²) in [7, 11) is -4.17. The Balaban J connectivity index is 1.75. The van der Waals surface area contributed by atoms with E-state index >= 15 is 0 Å². The molecule has 2 aliphatic heterocycles. The van der Waals surface area contributed by atoms with E-state index in [4.69, 9.17) is 10.5 Å². The first-order chi connectivity index (χ1) is 16.3. The second-order valence-corrected chi connectivity index (χ2v) is 10.0. The highest BCUT2D eigenvalue weighted by atomic mass is 32.2. The zero-order chi connectivity index (χ0) is 24.0. The Kier molecular flexibility index (Phi) is 5.14. The predicted molar refractivity (Wildman–Crippen MR) is 127 cm³/mol. The molecule has 2 aliphatic rings. The van der Waals surface area contributed by atoms with Crippen molar-refractivity contribution in [1.29, 1.82) is 5.26 Å². The molecular weight excluding hydrogens is 453 g/mol. The average Bonchev–Trinajstić information content (AvgIpc) is 2.82. The van der Waals surface area contributed by atoms with Gasteiger partial charge >= 0.3 is 0 Å². The predicted octanol–water partition coefficient (Wildman–Crippen LogP) is 4.66. The third-order valence-electron chi connectivity index (χ3n) is 6.01. The summed E-state index contributed by atoms with van der Waals surface area (Å²) in [4.78, 5) is -0.0390. The molecule has 3 aromatic rings. The van der Waals surface area contributed by atoms with Crippen LogP contribution in [0, 0.1) is 24.1 Å². The van der Waals surface area contributed by atoms with Crippen LogP contribution in [0.1, 0.15) is 28.2 Å². The summed E-state index contributed by atoms with van der Waals surface area (Å²) < 4.78 is 48.8. The van der Waals surface area contributed by atoms with Crippen LogP contribution in [-0.4, -0.2) is 8.42 Å². The molecular formula is C26H20FN3O3S. The van der Waals surface area contributed by atoms with Crippen molar-refractivity contribution in [2.75, 3.05) is 4.31 Å². The Morgan fingerprint density at radius 3 is 2.41 bits per heavy atom. The maximum atomic E-state index is 14.1. The lowest BCUT2D eigenvalue weighted by molar-refractivity contribution is 0.357. The molecule has 0 saturated heterocycles. The minimum atomic E-state index is -4.17. The summed E-state index contributed by atoms with van der Waals surface area (Å²) in [6, 6.07) is 22.0. The molecule has 0 amide bonds. The Bertz CT molecular complexity index is 1500. The molecule has 0 fully saturated rings. The molecule has 1 atom stereocenters. The molecule has 0 saturated carbocycles. The highest BCUT2D eigenvalue weighted by molar-refractivity contribution is 7.96. The molecule has 0 radical (unpaired) electrons. The first-order valence-corrected chi connectivity index (χ1v) is 12.0. The van der Waals surface area contributed by atoms with E-state index in [1.165, 1.54) is 16.4 Å². The maximum absolute atomic E-state index is 14.1. The van der Waals surface area contributed by atoms with E-state index in [0.29, 0.717) is 22.4 Å². The number of benzene rings is 3. The van der Waals surface area contributed by atoms with Crippen molar-refractivity contribution in [2.45, 2.75) is 19.4 Å². The number of rotatable bonds is 3. The number of fused-ring (bicyclic) bond motifs is 2. The van der Waals surface area contributed by atoms with Gasteiger partial charge in [0.2, 0.25) is 5.88 Å². The van der Waals surface area contributed by atoms with Crippen LogP contribution in [0.4, 0.5) is 10.1 Å². The lowest BCUT2D eigenvalue weighted by atomic mass is 9.88. The monoisotopic (exact) mass is 473 g/mol. The van der Waals surface area contributed by atoms with Crippen LogP contribution in [0.15, 0.2) is 89.2 Å². The number of nitriles is 1. The number of ether oxygens (including phenoxy) is 1. The van der Waals surface area contributed by atoms with Crippen molar-refractivity contribution in [3.63, 3.8) is 0 Å². The molecule has 2 N–H and O–H groups in total. The second kappa shape index (κ2) is 8.04. The van der Waals surface area contributed by atoms with Crippen molar-refractivity contribution in [2.24, 2.45) is 5.73 Å². The summed E-state index contributed by atoms with van der Waals surface area (Å²) >= 11 is 0. The normalized spacial score (nSPS) is 18.6. The number of para-hydroxylation sites is 1. The van der Waals surface area contributed by atoms with Crippen LogP contribution in [0.5, 0.6) is 0 Å². The zero-order valence-electron chi connectivity index (χ0n) is 18.2. The lowest BCUT2D eigenvalue weighted by Gasteiger charge is -2.38. The number of hydrogen-bond acceptors (Lipinski definition) is 5. The van der Waals surface area contributed by atoms with E-state index in [1.807, 2.05) is 19.1 Å². The van der Waals surface area contributed by atoms with Gasteiger partial charge in [0.05, 0.1) is 18.2 Å². The fourth-order valence-corrected chi connectivity index (χ4v) is 6.24. The summed E-state index contributed by atoms with van der Waals surface area (Å²) in [5.74, 6) is -1.34. The molecule has 2 heterocycles. The molecule has 8 heteroatoms. The molecule has 5 rings (SSSR count). The summed E-state index contributed by atoms with van der Waals surface area (Å²) in [6.07, 6.45) is 0. The van der Waals surface area contributed by atoms with Gasteiger partial charge in [-0.2, -0.15) is 5.26 Å². The topological polar surface area (TPSA) is 96.4 Å². The summed E-state index contributed by atoms with van der Waals surface area (Å²) in [5.41, 5.74) is 9.36. The molecule has 0 spiro atoms. The highest BCUT2D eigenvalue weighted by Gasteiger charge is 2.47. The number of nitrogens with two attached hydrogens (primary N) is 1. The molecule has 0 unspecified atom stereocenters. The third-order valence-corrected chi connectivity index (χ3v) is 7.89. The van der Waals surface area contributed by atoms with Crippen molar-refractivity contribution < 1.29 is 17.5 Å². The zero-order valence-corrected chi connectivity index (χ0v) is 19.0. The van der Waals surface area contributed by atoms with Gasteiger partial charge in [-0.05, 0) is 42.3 Å². The van der Waals surface area contributed by atoms with Gasteiger partial charge < -0.3 is 10.5 Å². The molecule has 0 aromatic heterocycles. The minimum absolute atomic E-state index is 0.0158. The lowest BCUT2D eigenvalue weighted by Crippen LogP contribution is -2.39. The molecule has 170 valence electrons. The molecule has 0 aliphatic carbocycles. The van der Waals surface area contributed by atoms with Gasteiger partial charge in [0.25, 0.3) is 10.0 Å². The van der Waals surface area contributed by atoms with Gasteiger partial charge in [0, 0.05) is 5.56 Å². The largest absolute Gasteiger partial charge is 0.439 e. The van der Waals surface area contributed by atoms with Crippen LogP contribution in [0.2, 0.25) is 0 Å². The minimum Gasteiger partial charge on any atom is -0.439 e. The van der Waals surface area contributed by atoms with E-state index in [-0.39, 0.29) is 28.7 Å². The number of aryl methyl sites for hydroxylation is 1. The Morgan fingerprint density at radius 2 is 1.74 bits per heavy atom. The van der Waals surface area contributed by atoms with E-state index in [9.17, 15) is 18.1 Å². The number of allylic oxidation sites excluding steroid dienone is 2. The van der Waals surface area contributed by atoms with Gasteiger partial charge in [-0.25, -0.2) is 12.8 Å². The first kappa shape index (κ1) is 21.7. The highest BCUT2D eigenvalue weighted by Crippen LogP contribution is 2.51. The van der Waals surface area contributed by atoms with Crippen molar-refractivity contribution in [3.8, 4) is 6.07 Å². The Hall–Kier alpha value is -4.09. The number of anilines is 1. The molecule has 34 heavy (non-hydrogen) atoms. The molecule has 0 bridgehead atoms. The Labute approximate surface area is 197 Å². The summed E-state index contributed by atoms with van der Waals surface area (Å²) in [6.45, 7) is 1.91. The summed E-state index contributed by atoms with van der Waals surface area (Å²) in [5, 5.41) is 9.90. The first-order valence-electron chi connectivity index (χ1n) is 10.6. The van der Waals surface area contributed by atoms with Crippen molar-refractivity contribution in [1.82, 2.24) is 0 Å². The van der Waals surface area contributed by atoms with Gasteiger partial charge in [-0.1, -0.05) is 54.1 Å². The van der Waals surface area contributed by atoms with Gasteiger partial charge in [0.1, 0.15) is 22.4 Å². The van der Waals surface area contributed by atoms with E-state index in [0.717, 1.165) is 5.56 Å². The van der Waals surface area contributed by atoms with Crippen LogP contribution in [0.3, 0.4) is 0 Å². The van der Waals surface area contributed by atoms with E-state index in [1.54, 1.807) is 48.5 Å². The van der Waals surface area contributed by atoms with Gasteiger partial charge in [-0.15, -0.1) is 0 Å². The van der Waals surface area contributed by atoms with Crippen LogP contribution >= 0.6 is 0 Å². The van der Waals surface area contributed by atoms with Gasteiger partial charge in [0.15, 0.2) is 5.76 Å². The molecule has 3 aromatic carbocycles. The number of halogens is 1. The van der Waals surface area contributed by atoms with E-state index < -0.39 is 21.8 Å². The van der Waals surface area contributed by atoms with Crippen LogP contribution in [-0.2, 0) is 21.3 Å². The fraction of sp³-hybridized carbons (Fsp3) is 0.115. The third kappa shape index (κ3) is 3.42. The maximum Gasteiger partial charge on any atom is 0.265 e. The molecule has 6 nitrogen and oxygen atoms in total. The number of hydrogen-bond donors (Lipinski definition) is 1.